The van der Waals surface area contributed by atoms with Gasteiger partial charge in [-0.25, -0.2) is 0 Å². The predicted octanol–water partition coefficient (Wildman–Crippen LogP) is 4.88. The minimum atomic E-state index is -1.97. The lowest BCUT2D eigenvalue weighted by molar-refractivity contribution is 0.0278. The van der Waals surface area contributed by atoms with Crippen molar-refractivity contribution < 1.29 is 8.85 Å². The maximum absolute atomic E-state index is 6.56. The van der Waals surface area contributed by atoms with Crippen LogP contribution in [0.25, 0.3) is 0 Å². The highest BCUT2D eigenvalue weighted by Crippen LogP contribution is 2.31. The molecule has 0 saturated heterocycles. The Balaban J connectivity index is 4.85. The zero-order valence-electron chi connectivity index (χ0n) is 12.8. The summed E-state index contributed by atoms with van der Waals surface area (Å²) >= 11 is 0. The molecule has 17 heavy (non-hydrogen) atoms. The Bertz CT molecular complexity index is 174. The highest BCUT2D eigenvalue weighted by Gasteiger charge is 2.41. The van der Waals surface area contributed by atoms with Crippen molar-refractivity contribution in [3.63, 3.8) is 0 Å². The Kier molecular flexibility index (Phi) is 8.34. The van der Waals surface area contributed by atoms with Crippen LogP contribution in [0.2, 0.25) is 12.1 Å². The molecule has 0 spiro atoms. The normalized spacial score (nSPS) is 13.1. The summed E-state index contributed by atoms with van der Waals surface area (Å²) in [6, 6.07) is 2.26. The van der Waals surface area contributed by atoms with E-state index in [1.807, 2.05) is 0 Å². The van der Waals surface area contributed by atoms with E-state index in [1.165, 1.54) is 0 Å². The van der Waals surface area contributed by atoms with E-state index in [4.69, 9.17) is 8.85 Å². The maximum Gasteiger partial charge on any atom is 0.338 e. The first-order chi connectivity index (χ1) is 8.01. The average molecular weight is 260 g/mol. The summed E-state index contributed by atoms with van der Waals surface area (Å²) in [6.07, 6.45) is 4.46. The van der Waals surface area contributed by atoms with Crippen molar-refractivity contribution >= 4 is 8.56 Å². The Morgan fingerprint density at radius 2 is 1.35 bits per heavy atom. The summed E-state index contributed by atoms with van der Waals surface area (Å²) in [7, 11) is -1.97. The first-order valence-corrected chi connectivity index (χ1v) is 9.58. The molecule has 0 heterocycles. The van der Waals surface area contributed by atoms with E-state index >= 15 is 0 Å². The monoisotopic (exact) mass is 260 g/mol. The highest BCUT2D eigenvalue weighted by atomic mass is 28.4. The van der Waals surface area contributed by atoms with Gasteiger partial charge < -0.3 is 8.85 Å². The molecular weight excluding hydrogens is 228 g/mol. The molecule has 0 aromatic rings. The van der Waals surface area contributed by atoms with Crippen molar-refractivity contribution in [3.05, 3.63) is 0 Å². The molecule has 0 bridgehead atoms. The molecule has 2 nitrogen and oxygen atoms in total. The van der Waals surface area contributed by atoms with Crippen molar-refractivity contribution in [1.29, 1.82) is 0 Å². The number of hydrogen-bond donors (Lipinski definition) is 0. The van der Waals surface area contributed by atoms with Crippen LogP contribution in [-0.2, 0) is 8.85 Å². The van der Waals surface area contributed by atoms with Crippen LogP contribution in [0.15, 0.2) is 0 Å². The maximum atomic E-state index is 6.56. The molecule has 104 valence electrons. The molecule has 0 unspecified atom stereocenters. The lowest BCUT2D eigenvalue weighted by atomic mass is 10.0. The smallest absolute Gasteiger partial charge is 0.338 e. The van der Waals surface area contributed by atoms with Crippen molar-refractivity contribution in [2.75, 3.05) is 6.61 Å². The fraction of sp³-hybridized carbons (Fsp3) is 1.00. The third-order valence-electron chi connectivity index (χ3n) is 3.60. The average Bonchev–Trinajstić information content (AvgIpc) is 2.30. The van der Waals surface area contributed by atoms with Gasteiger partial charge in [-0.2, -0.15) is 0 Å². The molecule has 0 aromatic heterocycles. The third kappa shape index (κ3) is 5.54. The molecule has 0 saturated carbocycles. The van der Waals surface area contributed by atoms with Gasteiger partial charge in [0.2, 0.25) is 0 Å². The largest absolute Gasteiger partial charge is 0.394 e. The second kappa shape index (κ2) is 8.28. The molecule has 0 aliphatic carbocycles. The standard InChI is InChI=1S/C14H32O2Si/c1-7-12-17(13-8-2,15-11-5)16-14(6,9-3)10-4/h7-13H2,1-6H3. The molecule has 0 N–H and O–H groups in total. The quantitative estimate of drug-likeness (QED) is 0.521. The second-order valence-corrected chi connectivity index (χ2v) is 8.42. The molecule has 3 heteroatoms. The van der Waals surface area contributed by atoms with Crippen molar-refractivity contribution in [3.8, 4) is 0 Å². The third-order valence-corrected chi connectivity index (χ3v) is 7.80. The molecule has 0 atom stereocenters. The lowest BCUT2D eigenvalue weighted by Gasteiger charge is -2.39. The van der Waals surface area contributed by atoms with E-state index in [-0.39, 0.29) is 5.60 Å². The van der Waals surface area contributed by atoms with Crippen LogP contribution in [0.1, 0.15) is 67.2 Å². The van der Waals surface area contributed by atoms with Gasteiger partial charge in [-0.3, -0.25) is 0 Å². The van der Waals surface area contributed by atoms with Crippen molar-refractivity contribution in [2.45, 2.75) is 84.9 Å². The summed E-state index contributed by atoms with van der Waals surface area (Å²) in [4.78, 5) is 0. The zero-order valence-corrected chi connectivity index (χ0v) is 13.8. The predicted molar refractivity (Wildman–Crippen MR) is 77.6 cm³/mol. The summed E-state index contributed by atoms with van der Waals surface area (Å²) < 4.78 is 12.7. The molecule has 0 radical (unpaired) electrons. The van der Waals surface area contributed by atoms with Crippen LogP contribution in [0.5, 0.6) is 0 Å². The van der Waals surface area contributed by atoms with Crippen LogP contribution in [0.3, 0.4) is 0 Å². The Hall–Kier alpha value is 0.137. The van der Waals surface area contributed by atoms with Gasteiger partial charge in [0.05, 0.1) is 5.60 Å². The van der Waals surface area contributed by atoms with E-state index < -0.39 is 8.56 Å². The van der Waals surface area contributed by atoms with Crippen LogP contribution >= 0.6 is 0 Å². The summed E-state index contributed by atoms with van der Waals surface area (Å²) in [5, 5.41) is 0. The Labute approximate surface area is 109 Å². The fourth-order valence-corrected chi connectivity index (χ4v) is 6.31. The van der Waals surface area contributed by atoms with Gasteiger partial charge in [-0.05, 0) is 38.8 Å². The highest BCUT2D eigenvalue weighted by molar-refractivity contribution is 6.67. The van der Waals surface area contributed by atoms with E-state index in [0.29, 0.717) is 0 Å². The molecule has 0 aromatic carbocycles. The van der Waals surface area contributed by atoms with Crippen LogP contribution in [0.4, 0.5) is 0 Å². The summed E-state index contributed by atoms with van der Waals surface area (Å²) in [6.45, 7) is 14.0. The number of hydrogen-bond acceptors (Lipinski definition) is 2. The summed E-state index contributed by atoms with van der Waals surface area (Å²) in [5.74, 6) is 0. The van der Waals surface area contributed by atoms with Gasteiger partial charge in [0.15, 0.2) is 0 Å². The SMILES string of the molecule is CCC[Si](CCC)(OCC)OC(C)(CC)CC. The van der Waals surface area contributed by atoms with Crippen LogP contribution < -0.4 is 0 Å². The molecule has 0 aliphatic rings. The van der Waals surface area contributed by atoms with E-state index in [2.05, 4.69) is 41.5 Å². The van der Waals surface area contributed by atoms with Gasteiger partial charge >= 0.3 is 8.56 Å². The lowest BCUT2D eigenvalue weighted by Crippen LogP contribution is -2.49. The van der Waals surface area contributed by atoms with Gasteiger partial charge in [-0.15, -0.1) is 0 Å². The van der Waals surface area contributed by atoms with E-state index in [9.17, 15) is 0 Å². The van der Waals surface area contributed by atoms with Gasteiger partial charge in [-0.1, -0.05) is 40.5 Å². The molecule has 0 fully saturated rings. The minimum absolute atomic E-state index is 0.00569. The van der Waals surface area contributed by atoms with Crippen molar-refractivity contribution in [1.82, 2.24) is 0 Å². The topological polar surface area (TPSA) is 18.5 Å². The fourth-order valence-electron chi connectivity index (χ4n) is 2.27. The van der Waals surface area contributed by atoms with Gasteiger partial charge in [0.1, 0.15) is 0 Å². The minimum Gasteiger partial charge on any atom is -0.394 e. The zero-order chi connectivity index (χ0) is 13.4. The summed E-state index contributed by atoms with van der Waals surface area (Å²) in [5.41, 5.74) is 0.00569. The molecule has 0 rings (SSSR count). The van der Waals surface area contributed by atoms with Gasteiger partial charge in [0.25, 0.3) is 0 Å². The van der Waals surface area contributed by atoms with Gasteiger partial charge in [0, 0.05) is 6.61 Å². The molecule has 0 aliphatic heterocycles. The second-order valence-electron chi connectivity index (χ2n) is 5.10. The first-order valence-electron chi connectivity index (χ1n) is 7.35. The Morgan fingerprint density at radius 3 is 1.65 bits per heavy atom. The number of rotatable bonds is 10. The van der Waals surface area contributed by atoms with E-state index in [1.54, 1.807) is 0 Å². The first kappa shape index (κ1) is 17.1. The Morgan fingerprint density at radius 1 is 0.882 bits per heavy atom. The van der Waals surface area contributed by atoms with Crippen molar-refractivity contribution in [2.24, 2.45) is 0 Å². The van der Waals surface area contributed by atoms with Crippen LogP contribution in [0, 0.1) is 0 Å². The molecular formula is C14H32O2Si. The van der Waals surface area contributed by atoms with E-state index in [0.717, 1.165) is 44.4 Å². The van der Waals surface area contributed by atoms with Crippen LogP contribution in [-0.4, -0.2) is 20.8 Å². The molecule has 0 amide bonds.